The summed E-state index contributed by atoms with van der Waals surface area (Å²) in [5.74, 6) is -0.503. The third-order valence-electron chi connectivity index (χ3n) is 3.08. The number of carbonyl (C=O) groups is 1. The summed E-state index contributed by atoms with van der Waals surface area (Å²) in [6.45, 7) is 4.51. The minimum atomic E-state index is -4.75. The van der Waals surface area contributed by atoms with Gasteiger partial charge in [-0.2, -0.15) is 0 Å². The first kappa shape index (κ1) is 15.4. The summed E-state index contributed by atoms with van der Waals surface area (Å²) in [5.41, 5.74) is 0.393. The number of anilines is 1. The Kier molecular flexibility index (Phi) is 4.52. The van der Waals surface area contributed by atoms with E-state index in [1.54, 1.807) is 12.1 Å². The summed E-state index contributed by atoms with van der Waals surface area (Å²) < 4.78 is 40.5. The van der Waals surface area contributed by atoms with E-state index in [4.69, 9.17) is 0 Å². The van der Waals surface area contributed by atoms with Crippen molar-refractivity contribution < 1.29 is 22.7 Å². The Hall–Kier alpha value is -2.02. The molecule has 0 aromatic heterocycles. The van der Waals surface area contributed by atoms with Crippen molar-refractivity contribution in [3.63, 3.8) is 0 Å². The number of rotatable bonds is 5. The normalized spacial score (nSPS) is 18.9. The van der Waals surface area contributed by atoms with Gasteiger partial charge in [0.2, 0.25) is 5.91 Å². The van der Waals surface area contributed by atoms with Gasteiger partial charge in [0.25, 0.3) is 0 Å². The molecule has 21 heavy (non-hydrogen) atoms. The number of ether oxygens (including phenoxy) is 1. The predicted molar refractivity (Wildman–Crippen MR) is 72.1 cm³/mol. The number of alkyl halides is 3. The molecule has 1 N–H and O–H groups in total. The van der Waals surface area contributed by atoms with E-state index < -0.39 is 6.36 Å². The van der Waals surface area contributed by atoms with Crippen molar-refractivity contribution in [2.45, 2.75) is 18.8 Å². The number of carbonyl (C=O) groups excluding carboxylic acids is 1. The van der Waals surface area contributed by atoms with Crippen LogP contribution in [0.25, 0.3) is 0 Å². The lowest BCUT2D eigenvalue weighted by molar-refractivity contribution is -0.274. The molecule has 1 aliphatic heterocycles. The molecule has 1 aromatic carbocycles. The Morgan fingerprint density at radius 1 is 1.48 bits per heavy atom. The highest BCUT2D eigenvalue weighted by Gasteiger charge is 2.33. The lowest BCUT2D eigenvalue weighted by Gasteiger charge is -2.18. The van der Waals surface area contributed by atoms with Crippen molar-refractivity contribution in [3.05, 3.63) is 36.9 Å². The van der Waals surface area contributed by atoms with Gasteiger partial charge in [-0.1, -0.05) is 12.1 Å². The number of hydrogen-bond acceptors (Lipinski definition) is 3. The lowest BCUT2D eigenvalue weighted by Crippen LogP contribution is -2.38. The van der Waals surface area contributed by atoms with Crippen LogP contribution < -0.4 is 15.0 Å². The molecule has 4 nitrogen and oxygen atoms in total. The Bertz CT molecular complexity index is 531. The van der Waals surface area contributed by atoms with Gasteiger partial charge in [-0.25, -0.2) is 0 Å². The first-order valence-corrected chi connectivity index (χ1v) is 6.42. The fourth-order valence-electron chi connectivity index (χ4n) is 2.20. The molecular weight excluding hydrogens is 285 g/mol. The molecule has 0 spiro atoms. The lowest BCUT2D eigenvalue weighted by atomic mass is 10.2. The fraction of sp³-hybridized carbons (Fsp3) is 0.357. The van der Waals surface area contributed by atoms with E-state index in [0.29, 0.717) is 25.2 Å². The molecule has 7 heteroatoms. The van der Waals surface area contributed by atoms with E-state index in [-0.39, 0.29) is 17.7 Å². The zero-order valence-corrected chi connectivity index (χ0v) is 11.2. The molecule has 0 bridgehead atoms. The van der Waals surface area contributed by atoms with E-state index in [1.807, 2.05) is 0 Å². The summed E-state index contributed by atoms with van der Waals surface area (Å²) in [7, 11) is 0. The quantitative estimate of drug-likeness (QED) is 0.849. The third-order valence-corrected chi connectivity index (χ3v) is 3.08. The summed E-state index contributed by atoms with van der Waals surface area (Å²) in [6.07, 6.45) is -2.51. The van der Waals surface area contributed by atoms with Gasteiger partial charge in [-0.05, 0) is 18.6 Å². The van der Waals surface area contributed by atoms with Gasteiger partial charge in [-0.3, -0.25) is 4.79 Å². The standard InChI is InChI=1S/C14H15F3N2O2/c1-2-7-18-12-6-8-19(13(12)20)10-4-3-5-11(9-10)21-14(15,16)17/h2-5,9,12,18H,1,6-8H2. The minimum absolute atomic E-state index is 0.166. The smallest absolute Gasteiger partial charge is 0.406 e. The maximum absolute atomic E-state index is 12.2. The van der Waals surface area contributed by atoms with E-state index in [2.05, 4.69) is 16.6 Å². The van der Waals surface area contributed by atoms with Gasteiger partial charge < -0.3 is 15.0 Å². The summed E-state index contributed by atoms with van der Waals surface area (Å²) >= 11 is 0. The van der Waals surface area contributed by atoms with Crippen LogP contribution in [0, 0.1) is 0 Å². The van der Waals surface area contributed by atoms with Crippen LogP contribution in [0.15, 0.2) is 36.9 Å². The monoisotopic (exact) mass is 300 g/mol. The maximum Gasteiger partial charge on any atom is 0.573 e. The second-order valence-electron chi connectivity index (χ2n) is 4.57. The van der Waals surface area contributed by atoms with Crippen molar-refractivity contribution in [1.82, 2.24) is 5.32 Å². The van der Waals surface area contributed by atoms with Crippen molar-refractivity contribution >= 4 is 11.6 Å². The van der Waals surface area contributed by atoms with Crippen LogP contribution >= 0.6 is 0 Å². The Morgan fingerprint density at radius 3 is 2.90 bits per heavy atom. The second kappa shape index (κ2) is 6.17. The van der Waals surface area contributed by atoms with Gasteiger partial charge in [0.1, 0.15) is 5.75 Å². The molecule has 1 unspecified atom stereocenters. The first-order chi connectivity index (χ1) is 9.90. The molecular formula is C14H15F3N2O2. The molecule has 114 valence electrons. The molecule has 1 aliphatic rings. The van der Waals surface area contributed by atoms with Crippen LogP contribution in [0.2, 0.25) is 0 Å². The average Bonchev–Trinajstić information content (AvgIpc) is 2.76. The highest BCUT2D eigenvalue weighted by molar-refractivity contribution is 5.99. The highest BCUT2D eigenvalue weighted by atomic mass is 19.4. The molecule has 1 amide bonds. The molecule has 1 saturated heterocycles. The van der Waals surface area contributed by atoms with Gasteiger partial charge >= 0.3 is 6.36 Å². The summed E-state index contributed by atoms with van der Waals surface area (Å²) in [5, 5.41) is 3.01. The van der Waals surface area contributed by atoms with Gasteiger partial charge in [0, 0.05) is 24.8 Å². The fourth-order valence-corrected chi connectivity index (χ4v) is 2.20. The van der Waals surface area contributed by atoms with Crippen LogP contribution in [-0.2, 0) is 4.79 Å². The Labute approximate surface area is 120 Å². The number of nitrogens with one attached hydrogen (secondary N) is 1. The molecule has 1 atom stereocenters. The number of nitrogens with zero attached hydrogens (tertiary/aromatic N) is 1. The number of halogens is 3. The predicted octanol–water partition coefficient (Wildman–Crippen LogP) is 2.47. The minimum Gasteiger partial charge on any atom is -0.406 e. The molecule has 0 radical (unpaired) electrons. The van der Waals surface area contributed by atoms with Crippen molar-refractivity contribution in [2.75, 3.05) is 18.0 Å². The highest BCUT2D eigenvalue weighted by Crippen LogP contribution is 2.28. The van der Waals surface area contributed by atoms with Crippen molar-refractivity contribution in [3.8, 4) is 5.75 Å². The van der Waals surface area contributed by atoms with Crippen molar-refractivity contribution in [2.24, 2.45) is 0 Å². The first-order valence-electron chi connectivity index (χ1n) is 6.42. The van der Waals surface area contributed by atoms with E-state index >= 15 is 0 Å². The molecule has 1 heterocycles. The molecule has 2 rings (SSSR count). The third kappa shape index (κ3) is 3.98. The number of amides is 1. The second-order valence-corrected chi connectivity index (χ2v) is 4.57. The van der Waals surface area contributed by atoms with Crippen LogP contribution in [-0.4, -0.2) is 31.4 Å². The van der Waals surface area contributed by atoms with Gasteiger partial charge in [-0.15, -0.1) is 19.8 Å². The van der Waals surface area contributed by atoms with E-state index in [9.17, 15) is 18.0 Å². The Morgan fingerprint density at radius 2 is 2.24 bits per heavy atom. The van der Waals surface area contributed by atoms with Crippen LogP contribution in [0.1, 0.15) is 6.42 Å². The molecule has 0 saturated carbocycles. The van der Waals surface area contributed by atoms with Crippen LogP contribution in [0.5, 0.6) is 5.75 Å². The molecule has 1 fully saturated rings. The SMILES string of the molecule is C=CCNC1CCN(c2cccc(OC(F)(F)F)c2)C1=O. The van der Waals surface area contributed by atoms with Crippen molar-refractivity contribution in [1.29, 1.82) is 0 Å². The van der Waals surface area contributed by atoms with Crippen LogP contribution in [0.4, 0.5) is 18.9 Å². The maximum atomic E-state index is 12.2. The molecule has 0 aliphatic carbocycles. The Balaban J connectivity index is 2.10. The zero-order valence-electron chi connectivity index (χ0n) is 11.2. The number of hydrogen-bond donors (Lipinski definition) is 1. The van der Waals surface area contributed by atoms with Crippen LogP contribution in [0.3, 0.4) is 0 Å². The number of benzene rings is 1. The largest absolute Gasteiger partial charge is 0.573 e. The van der Waals surface area contributed by atoms with Gasteiger partial charge in [0.05, 0.1) is 6.04 Å². The zero-order chi connectivity index (χ0) is 15.5. The summed E-state index contributed by atoms with van der Waals surface area (Å²) in [6, 6.07) is 5.08. The topological polar surface area (TPSA) is 41.6 Å². The van der Waals surface area contributed by atoms with E-state index in [0.717, 1.165) is 0 Å². The van der Waals surface area contributed by atoms with Gasteiger partial charge in [0.15, 0.2) is 0 Å². The summed E-state index contributed by atoms with van der Waals surface area (Å²) in [4.78, 5) is 13.6. The van der Waals surface area contributed by atoms with E-state index in [1.165, 1.54) is 23.1 Å². The average molecular weight is 300 g/mol. The molecule has 1 aromatic rings.